The molecule has 36 heavy (non-hydrogen) atoms. The van der Waals surface area contributed by atoms with Gasteiger partial charge in [-0.1, -0.05) is 87.5 Å². The quantitative estimate of drug-likeness (QED) is 0.300. The van der Waals surface area contributed by atoms with Gasteiger partial charge in [0.25, 0.3) is 8.32 Å². The Bertz CT molecular complexity index is 1010. The average Bonchev–Trinajstić information content (AvgIpc) is 3.29. The molecular weight excluding hydrogens is 472 g/mol. The van der Waals surface area contributed by atoms with Crippen molar-refractivity contribution in [2.75, 3.05) is 0 Å². The van der Waals surface area contributed by atoms with E-state index >= 15 is 0 Å². The van der Waals surface area contributed by atoms with Crippen LogP contribution in [0.3, 0.4) is 0 Å². The molecule has 0 spiro atoms. The first-order chi connectivity index (χ1) is 17.0. The Hall–Kier alpha value is -2.29. The van der Waals surface area contributed by atoms with E-state index in [-0.39, 0.29) is 5.04 Å². The van der Waals surface area contributed by atoms with Crippen LogP contribution in [-0.2, 0) is 28.2 Å². The number of fused-ring (bicyclic) bond motifs is 1. The average molecular weight is 511 g/mol. The van der Waals surface area contributed by atoms with Gasteiger partial charge in [0.1, 0.15) is 6.10 Å². The minimum Gasteiger partial charge on any atom is -0.457 e. The lowest BCUT2D eigenvalue weighted by Crippen LogP contribution is -2.68. The number of carbonyl (C=O) groups is 1. The summed E-state index contributed by atoms with van der Waals surface area (Å²) in [6, 6.07) is 20.9. The molecule has 2 aliphatic heterocycles. The van der Waals surface area contributed by atoms with Gasteiger partial charge in [-0.15, -0.1) is 6.58 Å². The maximum atomic E-state index is 12.1. The maximum absolute atomic E-state index is 12.1. The van der Waals surface area contributed by atoms with E-state index in [1.165, 1.54) is 6.92 Å². The zero-order valence-electron chi connectivity index (χ0n) is 22.1. The molecular formula is C29H38O6Si. The Balaban J connectivity index is 1.81. The van der Waals surface area contributed by atoms with Crippen LogP contribution in [0.2, 0.25) is 5.04 Å². The zero-order valence-corrected chi connectivity index (χ0v) is 23.1. The number of ether oxygens (including phenoxy) is 4. The molecule has 4 rings (SSSR count). The van der Waals surface area contributed by atoms with Crippen LogP contribution in [0.15, 0.2) is 73.3 Å². The summed E-state index contributed by atoms with van der Waals surface area (Å²) >= 11 is 0. The van der Waals surface area contributed by atoms with Crippen molar-refractivity contribution in [1.82, 2.24) is 0 Å². The topological polar surface area (TPSA) is 63.2 Å². The van der Waals surface area contributed by atoms with Crippen molar-refractivity contribution in [3.8, 4) is 0 Å². The third-order valence-corrected chi connectivity index (χ3v) is 11.9. The molecule has 5 atom stereocenters. The second-order valence-corrected chi connectivity index (χ2v) is 15.2. The normalized spacial score (nSPS) is 26.3. The number of rotatable bonds is 8. The van der Waals surface area contributed by atoms with E-state index in [1.807, 2.05) is 32.1 Å². The van der Waals surface area contributed by atoms with Crippen LogP contribution in [0, 0.1) is 0 Å². The van der Waals surface area contributed by atoms with Crippen molar-refractivity contribution in [1.29, 1.82) is 0 Å². The number of esters is 1. The van der Waals surface area contributed by atoms with Crippen molar-refractivity contribution in [2.24, 2.45) is 0 Å². The molecule has 0 aliphatic carbocycles. The second kappa shape index (κ2) is 10.2. The lowest BCUT2D eigenvalue weighted by molar-refractivity contribution is -0.227. The van der Waals surface area contributed by atoms with Crippen LogP contribution in [0.1, 0.15) is 48.0 Å². The molecule has 2 fully saturated rings. The van der Waals surface area contributed by atoms with E-state index in [1.54, 1.807) is 0 Å². The highest BCUT2D eigenvalue weighted by Crippen LogP contribution is 2.43. The number of hydrogen-bond donors (Lipinski definition) is 0. The number of carbonyl (C=O) groups excluding carboxylic acids is 1. The third kappa shape index (κ3) is 5.08. The Kier molecular flexibility index (Phi) is 7.60. The molecule has 2 saturated heterocycles. The predicted molar refractivity (Wildman–Crippen MR) is 142 cm³/mol. The van der Waals surface area contributed by atoms with E-state index in [0.29, 0.717) is 6.42 Å². The predicted octanol–water partition coefficient (Wildman–Crippen LogP) is 4.32. The Morgan fingerprint density at radius 3 is 2.08 bits per heavy atom. The van der Waals surface area contributed by atoms with E-state index < -0.39 is 50.8 Å². The van der Waals surface area contributed by atoms with Crippen molar-refractivity contribution in [2.45, 2.75) is 89.5 Å². The highest BCUT2D eigenvalue weighted by atomic mass is 28.4. The largest absolute Gasteiger partial charge is 0.457 e. The molecule has 2 heterocycles. The third-order valence-electron chi connectivity index (χ3n) is 6.84. The van der Waals surface area contributed by atoms with Crippen molar-refractivity contribution < 1.29 is 28.2 Å². The fraction of sp³-hybridized carbons (Fsp3) is 0.483. The van der Waals surface area contributed by atoms with Crippen molar-refractivity contribution >= 4 is 24.7 Å². The summed E-state index contributed by atoms with van der Waals surface area (Å²) in [7, 11) is -2.90. The van der Waals surface area contributed by atoms with Gasteiger partial charge in [-0.05, 0) is 35.7 Å². The minimum atomic E-state index is -2.90. The monoisotopic (exact) mass is 510 g/mol. The first-order valence-electron chi connectivity index (χ1n) is 12.6. The molecule has 0 radical (unpaired) electrons. The molecule has 0 N–H and O–H groups in total. The van der Waals surface area contributed by atoms with Crippen molar-refractivity contribution in [3.63, 3.8) is 0 Å². The van der Waals surface area contributed by atoms with Gasteiger partial charge in [0.05, 0.1) is 6.10 Å². The van der Waals surface area contributed by atoms with Crippen LogP contribution >= 0.6 is 0 Å². The smallest absolute Gasteiger partial charge is 0.303 e. The molecule has 0 unspecified atom stereocenters. The van der Waals surface area contributed by atoms with Gasteiger partial charge >= 0.3 is 5.97 Å². The fourth-order valence-corrected chi connectivity index (χ4v) is 10.2. The molecule has 194 valence electrons. The Morgan fingerprint density at radius 2 is 1.61 bits per heavy atom. The molecule has 2 aliphatic rings. The standard InChI is InChI=1S/C29H38O6Si/c1-8-15-23(24-25(31-20(2)30)26-27(32-24)34-29(6,7)33-26)35-36(28(3,4)5,21-16-11-9-12-17-21)22-18-13-10-14-19-22/h8-14,16-19,23-27H,1,15H2,2-7H3/t23-,24-,25+,26-,27-/m1/s1. The van der Waals surface area contributed by atoms with E-state index in [2.05, 4.69) is 75.9 Å². The van der Waals surface area contributed by atoms with Crippen LogP contribution in [0.5, 0.6) is 0 Å². The van der Waals surface area contributed by atoms with Gasteiger partial charge in [0, 0.05) is 6.92 Å². The van der Waals surface area contributed by atoms with Crippen LogP contribution in [0.25, 0.3) is 0 Å². The fourth-order valence-electron chi connectivity index (χ4n) is 5.46. The lowest BCUT2D eigenvalue weighted by Gasteiger charge is -2.46. The van der Waals surface area contributed by atoms with Crippen molar-refractivity contribution in [3.05, 3.63) is 73.3 Å². The van der Waals surface area contributed by atoms with Gasteiger partial charge < -0.3 is 23.4 Å². The molecule has 0 saturated carbocycles. The molecule has 2 aromatic rings. The summed E-state index contributed by atoms with van der Waals surface area (Å²) in [5, 5.41) is 2.09. The molecule has 0 aromatic heterocycles. The van der Waals surface area contributed by atoms with Gasteiger partial charge in [0.15, 0.2) is 24.3 Å². The highest BCUT2D eigenvalue weighted by Gasteiger charge is 2.60. The maximum Gasteiger partial charge on any atom is 0.303 e. The van der Waals surface area contributed by atoms with Gasteiger partial charge in [0.2, 0.25) is 0 Å². The second-order valence-electron chi connectivity index (χ2n) is 11.0. The minimum absolute atomic E-state index is 0.227. The summed E-state index contributed by atoms with van der Waals surface area (Å²) in [4.78, 5) is 12.1. The summed E-state index contributed by atoms with van der Waals surface area (Å²) in [6.07, 6.45) is -0.545. The summed E-state index contributed by atoms with van der Waals surface area (Å²) < 4.78 is 31.7. The van der Waals surface area contributed by atoms with Gasteiger partial charge in [-0.25, -0.2) is 0 Å². The van der Waals surface area contributed by atoms with Gasteiger partial charge in [-0.2, -0.15) is 0 Å². The molecule has 0 bridgehead atoms. The number of benzene rings is 2. The summed E-state index contributed by atoms with van der Waals surface area (Å²) in [5.41, 5.74) is 0. The summed E-state index contributed by atoms with van der Waals surface area (Å²) in [6.45, 7) is 15.7. The van der Waals surface area contributed by atoms with E-state index in [4.69, 9.17) is 23.4 Å². The molecule has 7 heteroatoms. The van der Waals surface area contributed by atoms with Crippen LogP contribution in [-0.4, -0.2) is 50.8 Å². The zero-order chi connectivity index (χ0) is 26.1. The highest BCUT2D eigenvalue weighted by molar-refractivity contribution is 6.99. The summed E-state index contributed by atoms with van der Waals surface area (Å²) in [5.74, 6) is -1.23. The van der Waals surface area contributed by atoms with Gasteiger partial charge in [-0.3, -0.25) is 4.79 Å². The Labute approximate surface area is 215 Å². The van der Waals surface area contributed by atoms with Crippen LogP contribution in [0.4, 0.5) is 0 Å². The molecule has 2 aromatic carbocycles. The number of hydrogen-bond acceptors (Lipinski definition) is 6. The van der Waals surface area contributed by atoms with E-state index in [0.717, 1.165) is 10.4 Å². The first-order valence-corrected chi connectivity index (χ1v) is 14.5. The first kappa shape index (κ1) is 26.8. The van der Waals surface area contributed by atoms with Crippen LogP contribution < -0.4 is 10.4 Å². The van der Waals surface area contributed by atoms with E-state index in [9.17, 15) is 4.79 Å². The lowest BCUT2D eigenvalue weighted by atomic mass is 10.0. The molecule has 6 nitrogen and oxygen atoms in total. The molecule has 0 amide bonds. The Morgan fingerprint density at radius 1 is 1.06 bits per heavy atom. The SMILES string of the molecule is C=CC[C@@H](O[Si](c1ccccc1)(c1ccccc1)C(C)(C)C)[C@H]1O[C@@H]2OC(C)(C)O[C@@H]2[C@H]1OC(C)=O.